The molecular formula is C22H18F2O6. The molecule has 6 rings (SSSR count). The van der Waals surface area contributed by atoms with Crippen molar-refractivity contribution in [2.24, 2.45) is 0 Å². The Balaban J connectivity index is 0.000000128. The monoisotopic (exact) mass is 416 g/mol. The zero-order valence-corrected chi connectivity index (χ0v) is 15.8. The molecule has 2 aromatic carbocycles. The van der Waals surface area contributed by atoms with Crippen LogP contribution in [0.1, 0.15) is 33.6 Å². The summed E-state index contributed by atoms with van der Waals surface area (Å²) in [6, 6.07) is 8.03. The maximum atomic E-state index is 12.9. The number of carbonyl (C=O) groups excluding carboxylic acids is 2. The number of rotatable bonds is 2. The molecule has 2 aromatic rings. The lowest BCUT2D eigenvalue weighted by molar-refractivity contribution is 0.0791. The largest absolute Gasteiger partial charge is 0.486 e. The first-order valence-corrected chi connectivity index (χ1v) is 9.70. The number of fused-ring (bicyclic) bond motifs is 2. The molecule has 4 heterocycles. The first-order valence-electron chi connectivity index (χ1n) is 9.70. The number of hydrogen-bond donors (Lipinski definition) is 0. The molecule has 0 bridgehead atoms. The van der Waals surface area contributed by atoms with Crippen molar-refractivity contribution in [2.45, 2.75) is 37.3 Å². The SMILES string of the molecule is O=C1C[C@H]([C@@H]2CO2)Oc2ccc(F)cc21.O=C1C[C@H]([C@H]2CO2)Oc2ccc(F)cc21. The molecule has 0 saturated carbocycles. The van der Waals surface area contributed by atoms with Crippen LogP contribution in [0.4, 0.5) is 8.78 Å². The molecule has 0 radical (unpaired) electrons. The van der Waals surface area contributed by atoms with Gasteiger partial charge in [-0.2, -0.15) is 0 Å². The molecule has 4 aliphatic rings. The lowest BCUT2D eigenvalue weighted by Crippen LogP contribution is -2.31. The Morgan fingerprint density at radius 1 is 0.667 bits per heavy atom. The summed E-state index contributed by atoms with van der Waals surface area (Å²) in [4.78, 5) is 23.4. The van der Waals surface area contributed by atoms with E-state index in [4.69, 9.17) is 18.9 Å². The average molecular weight is 416 g/mol. The number of epoxide rings is 2. The number of ether oxygens (including phenoxy) is 4. The topological polar surface area (TPSA) is 77.7 Å². The van der Waals surface area contributed by atoms with Crippen LogP contribution in [-0.4, -0.2) is 49.2 Å². The Morgan fingerprint density at radius 3 is 1.43 bits per heavy atom. The molecule has 0 spiro atoms. The van der Waals surface area contributed by atoms with E-state index in [1.807, 2.05) is 0 Å². The molecule has 0 unspecified atom stereocenters. The van der Waals surface area contributed by atoms with Gasteiger partial charge in [0.1, 0.15) is 47.5 Å². The van der Waals surface area contributed by atoms with Crippen LogP contribution in [0.3, 0.4) is 0 Å². The molecule has 30 heavy (non-hydrogen) atoms. The molecule has 6 nitrogen and oxygen atoms in total. The van der Waals surface area contributed by atoms with Crippen LogP contribution >= 0.6 is 0 Å². The number of benzene rings is 2. The molecule has 0 aliphatic carbocycles. The third-order valence-corrected chi connectivity index (χ3v) is 5.36. The molecule has 2 saturated heterocycles. The first kappa shape index (κ1) is 19.1. The number of ketones is 2. The van der Waals surface area contributed by atoms with Crippen molar-refractivity contribution in [2.75, 3.05) is 13.2 Å². The number of hydrogen-bond acceptors (Lipinski definition) is 6. The highest BCUT2D eigenvalue weighted by Gasteiger charge is 2.40. The number of carbonyl (C=O) groups is 2. The quantitative estimate of drug-likeness (QED) is 0.701. The summed E-state index contributed by atoms with van der Waals surface area (Å²) in [5.41, 5.74) is 0.679. The minimum Gasteiger partial charge on any atom is -0.486 e. The third kappa shape index (κ3) is 3.93. The standard InChI is InChI=1S/2C11H9FO3/c2*12-6-1-2-9-7(3-6)8(13)4-10(15-9)11-5-14-11/h2*1-3,10-11H,4-5H2/t10-,11+;10-,11-/m11/s1. The molecule has 8 heteroatoms. The lowest BCUT2D eigenvalue weighted by Gasteiger charge is -2.23. The summed E-state index contributed by atoms with van der Waals surface area (Å²) in [7, 11) is 0. The normalized spacial score (nSPS) is 28.2. The fourth-order valence-corrected chi connectivity index (χ4v) is 3.60. The highest BCUT2D eigenvalue weighted by Crippen LogP contribution is 2.33. The lowest BCUT2D eigenvalue weighted by atomic mass is 9.99. The van der Waals surface area contributed by atoms with E-state index in [9.17, 15) is 18.4 Å². The van der Waals surface area contributed by atoms with E-state index >= 15 is 0 Å². The van der Waals surface area contributed by atoms with E-state index in [1.54, 1.807) is 0 Å². The van der Waals surface area contributed by atoms with Gasteiger partial charge in [-0.3, -0.25) is 9.59 Å². The van der Waals surface area contributed by atoms with Gasteiger partial charge in [-0.05, 0) is 36.4 Å². The molecule has 4 atom stereocenters. The van der Waals surface area contributed by atoms with Crippen molar-refractivity contribution in [1.29, 1.82) is 0 Å². The maximum Gasteiger partial charge on any atom is 0.170 e. The Bertz CT molecular complexity index is 933. The van der Waals surface area contributed by atoms with E-state index in [2.05, 4.69) is 0 Å². The van der Waals surface area contributed by atoms with Gasteiger partial charge in [0.15, 0.2) is 11.6 Å². The van der Waals surface area contributed by atoms with Crippen LogP contribution in [0, 0.1) is 11.6 Å². The van der Waals surface area contributed by atoms with Crippen LogP contribution in [0.15, 0.2) is 36.4 Å². The molecule has 4 aliphatic heterocycles. The molecule has 0 N–H and O–H groups in total. The fraction of sp³-hybridized carbons (Fsp3) is 0.364. The third-order valence-electron chi connectivity index (χ3n) is 5.36. The van der Waals surface area contributed by atoms with Gasteiger partial charge in [0, 0.05) is 0 Å². The van der Waals surface area contributed by atoms with Crippen LogP contribution in [0.25, 0.3) is 0 Å². The number of Topliss-reactive ketones (excluding diaryl/α,β-unsaturated/α-hetero) is 2. The Labute approximate surface area is 170 Å². The average Bonchev–Trinajstić information content (AvgIpc) is 3.62. The predicted molar refractivity (Wildman–Crippen MR) is 99.0 cm³/mol. The van der Waals surface area contributed by atoms with Gasteiger partial charge in [0.2, 0.25) is 0 Å². The Morgan fingerprint density at radius 2 is 1.07 bits per heavy atom. The van der Waals surface area contributed by atoms with E-state index in [0.717, 1.165) is 0 Å². The second kappa shape index (κ2) is 7.45. The Hall–Kier alpha value is -2.84. The van der Waals surface area contributed by atoms with Crippen LogP contribution in [0.2, 0.25) is 0 Å². The van der Waals surface area contributed by atoms with Gasteiger partial charge < -0.3 is 18.9 Å². The van der Waals surface area contributed by atoms with E-state index in [1.165, 1.54) is 36.4 Å². The molecular weight excluding hydrogens is 398 g/mol. The highest BCUT2D eigenvalue weighted by atomic mass is 19.1. The van der Waals surface area contributed by atoms with Crippen LogP contribution in [0.5, 0.6) is 11.5 Å². The van der Waals surface area contributed by atoms with Crippen molar-refractivity contribution in [3.8, 4) is 11.5 Å². The predicted octanol–water partition coefficient (Wildman–Crippen LogP) is 3.12. The van der Waals surface area contributed by atoms with Gasteiger partial charge in [-0.25, -0.2) is 8.78 Å². The Kier molecular flexibility index (Phi) is 4.75. The van der Waals surface area contributed by atoms with E-state index in [-0.39, 0.29) is 48.8 Å². The fourth-order valence-electron chi connectivity index (χ4n) is 3.60. The van der Waals surface area contributed by atoms with Crippen molar-refractivity contribution >= 4 is 11.6 Å². The van der Waals surface area contributed by atoms with Crippen molar-refractivity contribution < 1.29 is 37.3 Å². The van der Waals surface area contributed by atoms with Gasteiger partial charge in [0.25, 0.3) is 0 Å². The number of halogens is 2. The summed E-state index contributed by atoms with van der Waals surface area (Å²) >= 11 is 0. The smallest absolute Gasteiger partial charge is 0.170 e. The van der Waals surface area contributed by atoms with E-state index in [0.29, 0.717) is 35.8 Å². The minimum atomic E-state index is -0.410. The zero-order valence-electron chi connectivity index (χ0n) is 15.8. The highest BCUT2D eigenvalue weighted by molar-refractivity contribution is 6.00. The second-order valence-corrected chi connectivity index (χ2v) is 7.59. The zero-order chi connectivity index (χ0) is 20.8. The van der Waals surface area contributed by atoms with Crippen molar-refractivity contribution in [3.05, 3.63) is 59.2 Å². The van der Waals surface area contributed by atoms with E-state index < -0.39 is 11.6 Å². The summed E-state index contributed by atoms with van der Waals surface area (Å²) in [6.07, 6.45) is 0.229. The van der Waals surface area contributed by atoms with Gasteiger partial charge >= 0.3 is 0 Å². The van der Waals surface area contributed by atoms with Crippen molar-refractivity contribution in [3.63, 3.8) is 0 Å². The summed E-state index contributed by atoms with van der Waals surface area (Å²) in [5, 5.41) is 0. The second-order valence-electron chi connectivity index (χ2n) is 7.59. The summed E-state index contributed by atoms with van der Waals surface area (Å²) in [6.45, 7) is 1.29. The molecule has 156 valence electrons. The first-order chi connectivity index (χ1) is 14.5. The van der Waals surface area contributed by atoms with Crippen molar-refractivity contribution in [1.82, 2.24) is 0 Å². The molecule has 2 fully saturated rings. The van der Waals surface area contributed by atoms with Crippen LogP contribution < -0.4 is 9.47 Å². The summed E-state index contributed by atoms with van der Waals surface area (Å²) < 4.78 is 47.1. The van der Waals surface area contributed by atoms with Gasteiger partial charge in [0.05, 0.1) is 37.2 Å². The van der Waals surface area contributed by atoms with Gasteiger partial charge in [-0.15, -0.1) is 0 Å². The van der Waals surface area contributed by atoms with Gasteiger partial charge in [-0.1, -0.05) is 0 Å². The molecule has 0 amide bonds. The summed E-state index contributed by atoms with van der Waals surface area (Å²) in [5.74, 6) is -0.0348. The maximum absolute atomic E-state index is 12.9. The van der Waals surface area contributed by atoms with Crippen LogP contribution in [-0.2, 0) is 9.47 Å². The molecule has 0 aromatic heterocycles. The minimum absolute atomic E-state index is 0.0344.